The number of carbonyl (C=O) groups is 1. The molecule has 2 heterocycles. The van der Waals surface area contributed by atoms with E-state index in [2.05, 4.69) is 25.3 Å². The Balaban J connectivity index is 2.01. The first-order valence-electron chi connectivity index (χ1n) is 6.07. The summed E-state index contributed by atoms with van der Waals surface area (Å²) in [5.74, 6) is 0.686. The molecule has 0 aliphatic carbocycles. The molecule has 0 unspecified atom stereocenters. The second-order valence-electron chi connectivity index (χ2n) is 4.17. The number of anilines is 2. The highest BCUT2D eigenvalue weighted by atomic mass is 16.5. The lowest BCUT2D eigenvalue weighted by atomic mass is 10.1. The fourth-order valence-corrected chi connectivity index (χ4v) is 1.96. The van der Waals surface area contributed by atoms with Gasteiger partial charge >= 0.3 is 0 Å². The number of hydrogen-bond donors (Lipinski definition) is 2. The molecular weight excluding hydrogens is 256 g/mol. The van der Waals surface area contributed by atoms with Gasteiger partial charge < -0.3 is 15.2 Å². The number of amides is 1. The van der Waals surface area contributed by atoms with Crippen molar-refractivity contribution in [2.75, 3.05) is 17.7 Å². The normalized spacial score (nSPS) is 10.4. The molecule has 1 aromatic carbocycles. The molecular formula is C14H12N4O2. The number of hydrogen-bond acceptors (Lipinski definition) is 5. The smallest absolute Gasteiger partial charge is 0.275 e. The molecule has 0 fully saturated rings. The lowest BCUT2D eigenvalue weighted by Gasteiger charge is -2.08. The van der Waals surface area contributed by atoms with E-state index in [1.165, 1.54) is 6.26 Å². The van der Waals surface area contributed by atoms with Crippen molar-refractivity contribution in [2.45, 2.75) is 0 Å². The Hall–Kier alpha value is -2.89. The Morgan fingerprint density at radius 2 is 2.10 bits per heavy atom. The van der Waals surface area contributed by atoms with Gasteiger partial charge in [-0.2, -0.15) is 0 Å². The summed E-state index contributed by atoms with van der Waals surface area (Å²) in [4.78, 5) is 16.5. The Kier molecular flexibility index (Phi) is 3.04. The van der Waals surface area contributed by atoms with Crippen LogP contribution in [-0.4, -0.2) is 23.1 Å². The number of rotatable bonds is 3. The first kappa shape index (κ1) is 12.2. The van der Waals surface area contributed by atoms with Crippen molar-refractivity contribution in [3.8, 4) is 0 Å². The van der Waals surface area contributed by atoms with Crippen molar-refractivity contribution in [1.29, 1.82) is 0 Å². The van der Waals surface area contributed by atoms with Crippen LogP contribution >= 0.6 is 0 Å². The molecule has 0 aliphatic rings. The molecule has 20 heavy (non-hydrogen) atoms. The highest BCUT2D eigenvalue weighted by molar-refractivity contribution is 6.06. The SMILES string of the molecule is CNc1nc(C(=O)Nc2ccon2)cc2ccccc12. The summed E-state index contributed by atoms with van der Waals surface area (Å²) in [7, 11) is 1.77. The van der Waals surface area contributed by atoms with E-state index >= 15 is 0 Å². The quantitative estimate of drug-likeness (QED) is 0.763. The van der Waals surface area contributed by atoms with Gasteiger partial charge in [-0.25, -0.2) is 4.98 Å². The molecule has 0 saturated carbocycles. The summed E-state index contributed by atoms with van der Waals surface area (Å²) in [5, 5.41) is 11.2. The van der Waals surface area contributed by atoms with Gasteiger partial charge in [-0.15, -0.1) is 0 Å². The summed E-state index contributed by atoms with van der Waals surface area (Å²) < 4.78 is 4.67. The van der Waals surface area contributed by atoms with Crippen LogP contribution in [0.5, 0.6) is 0 Å². The van der Waals surface area contributed by atoms with Crippen LogP contribution in [0.1, 0.15) is 10.5 Å². The van der Waals surface area contributed by atoms with Gasteiger partial charge in [0.15, 0.2) is 5.82 Å². The molecule has 3 aromatic rings. The van der Waals surface area contributed by atoms with Gasteiger partial charge in [0.1, 0.15) is 17.8 Å². The average molecular weight is 268 g/mol. The second-order valence-corrected chi connectivity index (χ2v) is 4.17. The van der Waals surface area contributed by atoms with Crippen molar-refractivity contribution >= 4 is 28.3 Å². The largest absolute Gasteiger partial charge is 0.373 e. The fraction of sp³-hybridized carbons (Fsp3) is 0.0714. The van der Waals surface area contributed by atoms with Crippen LogP contribution in [0.3, 0.4) is 0 Å². The van der Waals surface area contributed by atoms with E-state index in [1.54, 1.807) is 19.2 Å². The summed E-state index contributed by atoms with van der Waals surface area (Å²) in [5.41, 5.74) is 0.316. The zero-order valence-electron chi connectivity index (χ0n) is 10.8. The molecule has 0 bridgehead atoms. The maximum absolute atomic E-state index is 12.1. The number of fused-ring (bicyclic) bond motifs is 1. The third-order valence-corrected chi connectivity index (χ3v) is 2.89. The lowest BCUT2D eigenvalue weighted by molar-refractivity contribution is 0.102. The molecule has 0 saturated heterocycles. The van der Waals surface area contributed by atoms with E-state index in [0.29, 0.717) is 17.3 Å². The molecule has 2 aromatic heterocycles. The maximum atomic E-state index is 12.1. The molecule has 6 nitrogen and oxygen atoms in total. The van der Waals surface area contributed by atoms with Crippen LogP contribution in [0.15, 0.2) is 47.2 Å². The van der Waals surface area contributed by atoms with Crippen LogP contribution in [-0.2, 0) is 0 Å². The van der Waals surface area contributed by atoms with Crippen LogP contribution in [0, 0.1) is 0 Å². The summed E-state index contributed by atoms with van der Waals surface area (Å²) in [6, 6.07) is 11.0. The van der Waals surface area contributed by atoms with Gasteiger partial charge in [0, 0.05) is 18.5 Å². The molecule has 0 atom stereocenters. The number of nitrogens with zero attached hydrogens (tertiary/aromatic N) is 2. The Morgan fingerprint density at radius 3 is 2.85 bits per heavy atom. The molecule has 0 spiro atoms. The zero-order valence-corrected chi connectivity index (χ0v) is 10.8. The summed E-state index contributed by atoms with van der Waals surface area (Å²) >= 11 is 0. The van der Waals surface area contributed by atoms with Gasteiger partial charge in [0.25, 0.3) is 5.91 Å². The summed E-state index contributed by atoms with van der Waals surface area (Å²) in [6.07, 6.45) is 1.39. The standard InChI is InChI=1S/C14H12N4O2/c1-15-13-10-5-3-2-4-9(10)8-11(16-13)14(19)17-12-6-7-20-18-12/h2-8H,1H3,(H,15,16)(H,17,18,19). The molecule has 2 N–H and O–H groups in total. The number of nitrogens with one attached hydrogen (secondary N) is 2. The zero-order chi connectivity index (χ0) is 13.9. The van der Waals surface area contributed by atoms with E-state index < -0.39 is 0 Å². The Labute approximate surface area is 114 Å². The van der Waals surface area contributed by atoms with E-state index in [-0.39, 0.29) is 5.91 Å². The number of carbonyl (C=O) groups excluding carboxylic acids is 1. The molecule has 100 valence electrons. The number of pyridine rings is 1. The summed E-state index contributed by atoms with van der Waals surface area (Å²) in [6.45, 7) is 0. The lowest BCUT2D eigenvalue weighted by Crippen LogP contribution is -2.14. The number of aromatic nitrogens is 2. The molecule has 0 aliphatic heterocycles. The maximum Gasteiger partial charge on any atom is 0.275 e. The first-order chi connectivity index (χ1) is 9.78. The topological polar surface area (TPSA) is 80.0 Å². The van der Waals surface area contributed by atoms with E-state index in [9.17, 15) is 4.79 Å². The average Bonchev–Trinajstić information content (AvgIpc) is 2.99. The fourth-order valence-electron chi connectivity index (χ4n) is 1.96. The van der Waals surface area contributed by atoms with Crippen LogP contribution < -0.4 is 10.6 Å². The van der Waals surface area contributed by atoms with Gasteiger partial charge in [-0.1, -0.05) is 29.4 Å². The van der Waals surface area contributed by atoms with Crippen molar-refractivity contribution in [1.82, 2.24) is 10.1 Å². The van der Waals surface area contributed by atoms with E-state index in [0.717, 1.165) is 10.8 Å². The first-order valence-corrected chi connectivity index (χ1v) is 6.07. The van der Waals surface area contributed by atoms with Gasteiger partial charge in [0.2, 0.25) is 0 Å². The van der Waals surface area contributed by atoms with Crippen molar-refractivity contribution in [3.05, 3.63) is 48.4 Å². The van der Waals surface area contributed by atoms with Gasteiger partial charge in [-0.05, 0) is 11.5 Å². The minimum absolute atomic E-state index is 0.316. The predicted molar refractivity (Wildman–Crippen MR) is 75.7 cm³/mol. The third kappa shape index (κ3) is 2.18. The van der Waals surface area contributed by atoms with E-state index in [1.807, 2.05) is 24.3 Å². The molecule has 0 radical (unpaired) electrons. The van der Waals surface area contributed by atoms with Crippen molar-refractivity contribution in [3.63, 3.8) is 0 Å². The van der Waals surface area contributed by atoms with Crippen LogP contribution in [0.4, 0.5) is 11.6 Å². The number of benzene rings is 1. The second kappa shape index (κ2) is 5.00. The highest BCUT2D eigenvalue weighted by Crippen LogP contribution is 2.22. The van der Waals surface area contributed by atoms with Crippen LogP contribution in [0.2, 0.25) is 0 Å². The Morgan fingerprint density at radius 1 is 1.25 bits per heavy atom. The van der Waals surface area contributed by atoms with E-state index in [4.69, 9.17) is 0 Å². The van der Waals surface area contributed by atoms with Crippen LogP contribution in [0.25, 0.3) is 10.8 Å². The third-order valence-electron chi connectivity index (χ3n) is 2.89. The van der Waals surface area contributed by atoms with Crippen molar-refractivity contribution in [2.24, 2.45) is 0 Å². The minimum Gasteiger partial charge on any atom is -0.373 e. The molecule has 1 amide bonds. The van der Waals surface area contributed by atoms with Gasteiger partial charge in [0.05, 0.1) is 0 Å². The Bertz CT molecular complexity index is 753. The molecule has 3 rings (SSSR count). The molecule has 6 heteroatoms. The highest BCUT2D eigenvalue weighted by Gasteiger charge is 2.12. The van der Waals surface area contributed by atoms with Gasteiger partial charge in [-0.3, -0.25) is 4.79 Å². The monoisotopic (exact) mass is 268 g/mol. The minimum atomic E-state index is -0.332. The predicted octanol–water partition coefficient (Wildman–Crippen LogP) is 2.52. The van der Waals surface area contributed by atoms with Crippen molar-refractivity contribution < 1.29 is 9.32 Å².